The standard InChI is InChI=1S/C12H11N5O3/c1-20-12-10(13)11(15-7-16-12)14-6-8-3-2-4-9(5-8)17(18)19/h2-7H,13H2,1H3/b14-6+. The number of hydrogen-bond donors (Lipinski definition) is 1. The van der Waals surface area contributed by atoms with Crippen LogP contribution in [0.3, 0.4) is 0 Å². The summed E-state index contributed by atoms with van der Waals surface area (Å²) in [5.41, 5.74) is 6.52. The Kier molecular flexibility index (Phi) is 3.85. The molecule has 0 atom stereocenters. The number of nitro groups is 1. The van der Waals surface area contributed by atoms with Crippen molar-refractivity contribution in [3.8, 4) is 5.88 Å². The summed E-state index contributed by atoms with van der Waals surface area (Å²) >= 11 is 0. The molecule has 0 amide bonds. The number of non-ortho nitro benzene ring substituents is 1. The molecule has 2 rings (SSSR count). The van der Waals surface area contributed by atoms with E-state index in [9.17, 15) is 10.1 Å². The zero-order valence-corrected chi connectivity index (χ0v) is 10.6. The fourth-order valence-electron chi connectivity index (χ4n) is 1.49. The lowest BCUT2D eigenvalue weighted by atomic mass is 10.2. The van der Waals surface area contributed by atoms with E-state index < -0.39 is 4.92 Å². The molecule has 0 radical (unpaired) electrons. The van der Waals surface area contributed by atoms with Gasteiger partial charge in [-0.1, -0.05) is 12.1 Å². The zero-order valence-electron chi connectivity index (χ0n) is 10.6. The first kappa shape index (κ1) is 13.4. The first-order valence-electron chi connectivity index (χ1n) is 5.55. The quantitative estimate of drug-likeness (QED) is 0.515. The number of nitrogens with two attached hydrogens (primary N) is 1. The number of anilines is 1. The van der Waals surface area contributed by atoms with Crippen molar-refractivity contribution < 1.29 is 9.66 Å². The molecule has 0 aliphatic heterocycles. The first-order valence-corrected chi connectivity index (χ1v) is 5.55. The van der Waals surface area contributed by atoms with Gasteiger partial charge in [0.2, 0.25) is 5.88 Å². The minimum atomic E-state index is -0.473. The molecule has 2 N–H and O–H groups in total. The summed E-state index contributed by atoms with van der Waals surface area (Å²) in [5.74, 6) is 0.467. The van der Waals surface area contributed by atoms with Gasteiger partial charge in [-0.15, -0.1) is 0 Å². The van der Waals surface area contributed by atoms with Gasteiger partial charge in [0.15, 0.2) is 5.82 Å². The van der Waals surface area contributed by atoms with E-state index in [2.05, 4.69) is 15.0 Å². The molecular formula is C12H11N5O3. The van der Waals surface area contributed by atoms with Gasteiger partial charge in [-0.3, -0.25) is 10.1 Å². The van der Waals surface area contributed by atoms with Crippen LogP contribution in [0.2, 0.25) is 0 Å². The van der Waals surface area contributed by atoms with Crippen LogP contribution in [0.4, 0.5) is 17.2 Å². The molecule has 102 valence electrons. The average Bonchev–Trinajstić information content (AvgIpc) is 2.46. The molecule has 0 bridgehead atoms. The lowest BCUT2D eigenvalue weighted by Gasteiger charge is -2.03. The largest absolute Gasteiger partial charge is 0.479 e. The van der Waals surface area contributed by atoms with Crippen LogP contribution in [0.15, 0.2) is 35.6 Å². The molecule has 0 fully saturated rings. The van der Waals surface area contributed by atoms with Crippen molar-refractivity contribution >= 4 is 23.4 Å². The van der Waals surface area contributed by atoms with E-state index >= 15 is 0 Å². The highest BCUT2D eigenvalue weighted by Gasteiger charge is 2.07. The van der Waals surface area contributed by atoms with Crippen LogP contribution >= 0.6 is 0 Å². The number of nitro benzene ring substituents is 1. The Hall–Kier alpha value is -3.03. The molecule has 0 aliphatic carbocycles. The van der Waals surface area contributed by atoms with E-state index in [1.165, 1.54) is 31.8 Å². The summed E-state index contributed by atoms with van der Waals surface area (Å²) in [6.07, 6.45) is 2.71. The second kappa shape index (κ2) is 5.74. The second-order valence-electron chi connectivity index (χ2n) is 3.73. The predicted octanol–water partition coefficient (Wildman–Crippen LogP) is 1.73. The molecule has 8 heteroatoms. The Labute approximate surface area is 114 Å². The van der Waals surface area contributed by atoms with Crippen molar-refractivity contribution in [2.45, 2.75) is 0 Å². The number of nitrogen functional groups attached to an aromatic ring is 1. The van der Waals surface area contributed by atoms with E-state index in [1.807, 2.05) is 0 Å². The van der Waals surface area contributed by atoms with E-state index in [0.29, 0.717) is 5.56 Å². The van der Waals surface area contributed by atoms with E-state index in [1.54, 1.807) is 12.1 Å². The molecule has 0 spiro atoms. The number of methoxy groups -OCH3 is 1. The Morgan fingerprint density at radius 1 is 1.45 bits per heavy atom. The molecule has 1 aromatic carbocycles. The van der Waals surface area contributed by atoms with Gasteiger partial charge in [-0.25, -0.2) is 9.98 Å². The number of aromatic nitrogens is 2. The van der Waals surface area contributed by atoms with Crippen LogP contribution in [0, 0.1) is 10.1 Å². The molecule has 0 saturated heterocycles. The van der Waals surface area contributed by atoms with Crippen molar-refractivity contribution in [1.29, 1.82) is 0 Å². The third-order valence-corrected chi connectivity index (χ3v) is 2.44. The summed E-state index contributed by atoms with van der Waals surface area (Å²) in [6.45, 7) is 0. The SMILES string of the molecule is COc1ncnc(/N=C/c2cccc([N+](=O)[O-])c2)c1N. The van der Waals surface area contributed by atoms with E-state index in [-0.39, 0.29) is 23.1 Å². The van der Waals surface area contributed by atoms with Gasteiger partial charge < -0.3 is 10.5 Å². The fourth-order valence-corrected chi connectivity index (χ4v) is 1.49. The highest BCUT2D eigenvalue weighted by atomic mass is 16.6. The maximum atomic E-state index is 10.7. The van der Waals surface area contributed by atoms with Crippen molar-refractivity contribution in [2.24, 2.45) is 4.99 Å². The maximum absolute atomic E-state index is 10.7. The van der Waals surface area contributed by atoms with Gasteiger partial charge in [0.25, 0.3) is 5.69 Å². The number of rotatable bonds is 4. The minimum Gasteiger partial charge on any atom is -0.479 e. The van der Waals surface area contributed by atoms with Crippen molar-refractivity contribution in [1.82, 2.24) is 9.97 Å². The van der Waals surface area contributed by atoms with E-state index in [4.69, 9.17) is 10.5 Å². The Morgan fingerprint density at radius 2 is 2.25 bits per heavy atom. The van der Waals surface area contributed by atoms with Crippen LogP contribution in [-0.2, 0) is 0 Å². The van der Waals surface area contributed by atoms with Gasteiger partial charge in [0, 0.05) is 18.3 Å². The molecule has 1 heterocycles. The number of nitrogens with zero attached hydrogens (tertiary/aromatic N) is 4. The summed E-state index contributed by atoms with van der Waals surface area (Å²) in [4.78, 5) is 22.0. The number of ether oxygens (including phenoxy) is 1. The Balaban J connectivity index is 2.30. The highest BCUT2D eigenvalue weighted by molar-refractivity contribution is 5.84. The highest BCUT2D eigenvalue weighted by Crippen LogP contribution is 2.26. The van der Waals surface area contributed by atoms with Crippen molar-refractivity contribution in [3.63, 3.8) is 0 Å². The Bertz CT molecular complexity index is 672. The molecule has 0 unspecified atom stereocenters. The summed E-state index contributed by atoms with van der Waals surface area (Å²) < 4.78 is 4.95. The normalized spacial score (nSPS) is 10.7. The minimum absolute atomic E-state index is 0.0119. The van der Waals surface area contributed by atoms with Gasteiger partial charge in [-0.05, 0) is 5.56 Å². The zero-order chi connectivity index (χ0) is 14.5. The molecular weight excluding hydrogens is 262 g/mol. The second-order valence-corrected chi connectivity index (χ2v) is 3.73. The fraction of sp³-hybridized carbons (Fsp3) is 0.0833. The molecule has 20 heavy (non-hydrogen) atoms. The lowest BCUT2D eigenvalue weighted by Crippen LogP contribution is -1.97. The summed E-state index contributed by atoms with van der Waals surface area (Å²) in [7, 11) is 1.44. The van der Waals surface area contributed by atoms with Crippen LogP contribution in [0.25, 0.3) is 0 Å². The molecule has 0 aliphatic rings. The van der Waals surface area contributed by atoms with E-state index in [0.717, 1.165) is 0 Å². The van der Waals surface area contributed by atoms with Crippen LogP contribution in [-0.4, -0.2) is 28.2 Å². The van der Waals surface area contributed by atoms with Crippen molar-refractivity contribution in [2.75, 3.05) is 12.8 Å². The maximum Gasteiger partial charge on any atom is 0.270 e. The van der Waals surface area contributed by atoms with Crippen LogP contribution < -0.4 is 10.5 Å². The Morgan fingerprint density at radius 3 is 2.95 bits per heavy atom. The van der Waals surface area contributed by atoms with Crippen LogP contribution in [0.1, 0.15) is 5.56 Å². The van der Waals surface area contributed by atoms with Crippen LogP contribution in [0.5, 0.6) is 5.88 Å². The summed E-state index contributed by atoms with van der Waals surface area (Å²) in [5, 5.41) is 10.7. The molecule has 0 saturated carbocycles. The predicted molar refractivity (Wildman–Crippen MR) is 73.3 cm³/mol. The third-order valence-electron chi connectivity index (χ3n) is 2.44. The topological polar surface area (TPSA) is 117 Å². The monoisotopic (exact) mass is 273 g/mol. The number of aliphatic imine (C=N–C) groups is 1. The molecule has 1 aromatic heterocycles. The lowest BCUT2D eigenvalue weighted by molar-refractivity contribution is -0.384. The summed E-state index contributed by atoms with van der Waals surface area (Å²) in [6, 6.07) is 6.06. The average molecular weight is 273 g/mol. The number of hydrogen-bond acceptors (Lipinski definition) is 7. The van der Waals surface area contributed by atoms with Crippen molar-refractivity contribution in [3.05, 3.63) is 46.3 Å². The molecule has 2 aromatic rings. The van der Waals surface area contributed by atoms with Gasteiger partial charge in [0.1, 0.15) is 12.0 Å². The third kappa shape index (κ3) is 2.86. The van der Waals surface area contributed by atoms with Gasteiger partial charge >= 0.3 is 0 Å². The molecule has 8 nitrogen and oxygen atoms in total. The first-order chi connectivity index (χ1) is 9.61. The number of benzene rings is 1. The van der Waals surface area contributed by atoms with Gasteiger partial charge in [-0.2, -0.15) is 4.98 Å². The smallest absolute Gasteiger partial charge is 0.270 e. The van der Waals surface area contributed by atoms with Gasteiger partial charge in [0.05, 0.1) is 12.0 Å².